The van der Waals surface area contributed by atoms with Crippen LogP contribution in [0.2, 0.25) is 0 Å². The van der Waals surface area contributed by atoms with Crippen molar-refractivity contribution in [3.63, 3.8) is 0 Å². The summed E-state index contributed by atoms with van der Waals surface area (Å²) in [4.78, 5) is 12.7. The van der Waals surface area contributed by atoms with E-state index >= 15 is 0 Å². The molecule has 0 unspecified atom stereocenters. The molecule has 3 aromatic carbocycles. The molecule has 0 spiro atoms. The third kappa shape index (κ3) is 4.30. The van der Waals surface area contributed by atoms with Crippen LogP contribution in [0, 0.1) is 0 Å². The molecule has 0 bridgehead atoms. The monoisotopic (exact) mass is 425 g/mol. The fraction of sp³-hybridized carbons (Fsp3) is 0.227. The average molecular weight is 426 g/mol. The van der Waals surface area contributed by atoms with Crippen LogP contribution in [-0.4, -0.2) is 45.1 Å². The first-order chi connectivity index (χ1) is 14.6. The van der Waals surface area contributed by atoms with Crippen molar-refractivity contribution in [3.05, 3.63) is 72.3 Å². The summed E-state index contributed by atoms with van der Waals surface area (Å²) in [7, 11) is -3.65. The molecule has 1 aliphatic heterocycles. The number of benzene rings is 3. The molecule has 1 heterocycles. The lowest BCUT2D eigenvalue weighted by Gasteiger charge is -2.27. The van der Waals surface area contributed by atoms with Crippen molar-refractivity contribution < 1.29 is 17.9 Å². The summed E-state index contributed by atoms with van der Waals surface area (Å²) >= 11 is 0. The highest BCUT2D eigenvalue weighted by Crippen LogP contribution is 2.23. The predicted molar refractivity (Wildman–Crippen MR) is 116 cm³/mol. The van der Waals surface area contributed by atoms with Gasteiger partial charge in [0.2, 0.25) is 10.0 Å². The Bertz CT molecular complexity index is 1150. The predicted octanol–water partition coefficient (Wildman–Crippen LogP) is 3.18. The van der Waals surface area contributed by atoms with E-state index in [1.807, 2.05) is 42.5 Å². The Morgan fingerprint density at radius 2 is 1.63 bits per heavy atom. The molecule has 0 aromatic heterocycles. The Labute approximate surface area is 175 Å². The molecule has 7 nitrogen and oxygen atoms in total. The molecule has 0 atom stereocenters. The molecule has 0 saturated carbocycles. The number of sulfonamides is 1. The number of hydrogen-bond acceptors (Lipinski definition) is 4. The lowest BCUT2D eigenvalue weighted by Crippen LogP contribution is -2.41. The van der Waals surface area contributed by atoms with E-state index in [4.69, 9.17) is 4.74 Å². The van der Waals surface area contributed by atoms with Crippen molar-refractivity contribution in [1.29, 1.82) is 0 Å². The maximum Gasteiger partial charge on any atom is 0.319 e. The van der Waals surface area contributed by atoms with Crippen molar-refractivity contribution in [2.24, 2.45) is 0 Å². The molecule has 3 aromatic rings. The Kier molecular flexibility index (Phi) is 5.98. The molecule has 30 heavy (non-hydrogen) atoms. The van der Waals surface area contributed by atoms with E-state index in [0.29, 0.717) is 37.6 Å². The molecule has 1 aliphatic rings. The molecule has 0 aliphatic carbocycles. The zero-order chi connectivity index (χ0) is 21.0. The lowest BCUT2D eigenvalue weighted by atomic mass is 10.1. The number of anilines is 1. The first kappa shape index (κ1) is 20.3. The second-order valence-corrected chi connectivity index (χ2v) is 8.86. The van der Waals surface area contributed by atoms with Gasteiger partial charge in [-0.15, -0.1) is 0 Å². The van der Waals surface area contributed by atoms with E-state index in [9.17, 15) is 13.2 Å². The van der Waals surface area contributed by atoms with Crippen LogP contribution in [0.3, 0.4) is 0 Å². The molecule has 1 saturated heterocycles. The number of fused-ring (bicyclic) bond motifs is 1. The minimum Gasteiger partial charge on any atom is -0.379 e. The summed E-state index contributed by atoms with van der Waals surface area (Å²) in [6.07, 6.45) is 0. The highest BCUT2D eigenvalue weighted by molar-refractivity contribution is 7.89. The quantitative estimate of drug-likeness (QED) is 0.657. The van der Waals surface area contributed by atoms with Crippen LogP contribution in [0.15, 0.2) is 71.6 Å². The zero-order valence-electron chi connectivity index (χ0n) is 16.4. The molecule has 156 valence electrons. The van der Waals surface area contributed by atoms with Crippen molar-refractivity contribution >= 4 is 32.5 Å². The van der Waals surface area contributed by atoms with E-state index in [0.717, 1.165) is 10.8 Å². The van der Waals surface area contributed by atoms with Gasteiger partial charge in [-0.25, -0.2) is 13.2 Å². The summed E-state index contributed by atoms with van der Waals surface area (Å²) in [6.45, 7) is 1.51. The van der Waals surface area contributed by atoms with E-state index in [1.165, 1.54) is 4.31 Å². The fourth-order valence-electron chi connectivity index (χ4n) is 3.50. The molecule has 2 amide bonds. The number of urea groups is 1. The summed E-state index contributed by atoms with van der Waals surface area (Å²) in [5.74, 6) is 0. The van der Waals surface area contributed by atoms with E-state index in [2.05, 4.69) is 10.6 Å². The van der Waals surface area contributed by atoms with Crippen LogP contribution in [0.25, 0.3) is 10.8 Å². The number of morpholine rings is 1. The molecule has 1 fully saturated rings. The van der Waals surface area contributed by atoms with Gasteiger partial charge in [0.05, 0.1) is 23.8 Å². The number of nitrogens with one attached hydrogen (secondary N) is 2. The van der Waals surface area contributed by atoms with Crippen molar-refractivity contribution in [1.82, 2.24) is 9.62 Å². The van der Waals surface area contributed by atoms with Crippen molar-refractivity contribution in [2.75, 3.05) is 31.6 Å². The van der Waals surface area contributed by atoms with Gasteiger partial charge in [-0.1, -0.05) is 54.6 Å². The van der Waals surface area contributed by atoms with Crippen LogP contribution in [-0.2, 0) is 21.3 Å². The summed E-state index contributed by atoms with van der Waals surface area (Å²) in [6, 6.07) is 19.8. The normalized spacial score (nSPS) is 15.1. The van der Waals surface area contributed by atoms with Gasteiger partial charge in [0.15, 0.2) is 0 Å². The third-order valence-electron chi connectivity index (χ3n) is 5.04. The molecule has 0 radical (unpaired) electrons. The van der Waals surface area contributed by atoms with Gasteiger partial charge in [-0.3, -0.25) is 0 Å². The minimum absolute atomic E-state index is 0.0936. The number of ether oxygens (including phenoxy) is 1. The first-order valence-corrected chi connectivity index (χ1v) is 11.2. The van der Waals surface area contributed by atoms with E-state index in [-0.39, 0.29) is 11.4 Å². The fourth-order valence-corrected chi connectivity index (χ4v) is 5.13. The van der Waals surface area contributed by atoms with Gasteiger partial charge in [0.25, 0.3) is 0 Å². The van der Waals surface area contributed by atoms with Crippen LogP contribution in [0.4, 0.5) is 10.5 Å². The van der Waals surface area contributed by atoms with Crippen LogP contribution in [0.5, 0.6) is 0 Å². The first-order valence-electron chi connectivity index (χ1n) is 9.74. The van der Waals surface area contributed by atoms with Crippen LogP contribution in [0.1, 0.15) is 5.56 Å². The Hall–Kier alpha value is -2.94. The number of hydrogen-bond donors (Lipinski definition) is 2. The maximum absolute atomic E-state index is 13.0. The Balaban J connectivity index is 1.48. The molecule has 4 rings (SSSR count). The van der Waals surface area contributed by atoms with Gasteiger partial charge in [-0.05, 0) is 23.1 Å². The topological polar surface area (TPSA) is 87.7 Å². The van der Waals surface area contributed by atoms with Gasteiger partial charge >= 0.3 is 6.03 Å². The Morgan fingerprint density at radius 1 is 0.933 bits per heavy atom. The van der Waals surface area contributed by atoms with E-state index < -0.39 is 16.1 Å². The number of rotatable bonds is 5. The standard InChI is InChI=1S/C22H23N3O4S/c26-22(24-20-10-5-8-17-6-1-3-9-19(17)20)23-16-18-7-2-4-11-21(18)30(27,28)25-12-14-29-15-13-25/h1-11H,12-16H2,(H2,23,24,26). The molecular weight excluding hydrogens is 402 g/mol. The lowest BCUT2D eigenvalue weighted by molar-refractivity contribution is 0.0730. The Morgan fingerprint density at radius 3 is 2.47 bits per heavy atom. The number of nitrogens with zero attached hydrogens (tertiary/aromatic N) is 1. The van der Waals surface area contributed by atoms with Gasteiger partial charge in [-0.2, -0.15) is 4.31 Å². The number of carbonyl (C=O) groups is 1. The highest BCUT2D eigenvalue weighted by atomic mass is 32.2. The number of carbonyl (C=O) groups excluding carboxylic acids is 1. The third-order valence-corrected chi connectivity index (χ3v) is 7.04. The summed E-state index contributed by atoms with van der Waals surface area (Å²) in [5, 5.41) is 7.58. The number of amides is 2. The van der Waals surface area contributed by atoms with Gasteiger partial charge in [0.1, 0.15) is 0 Å². The zero-order valence-corrected chi connectivity index (χ0v) is 17.2. The smallest absolute Gasteiger partial charge is 0.319 e. The summed E-state index contributed by atoms with van der Waals surface area (Å²) < 4.78 is 32.7. The maximum atomic E-state index is 13.0. The van der Waals surface area contributed by atoms with Gasteiger partial charge in [0, 0.05) is 25.0 Å². The average Bonchev–Trinajstić information content (AvgIpc) is 2.79. The summed E-state index contributed by atoms with van der Waals surface area (Å²) in [5.41, 5.74) is 1.23. The molecular formula is C22H23N3O4S. The second kappa shape index (κ2) is 8.83. The second-order valence-electron chi connectivity index (χ2n) is 6.96. The SMILES string of the molecule is O=C(NCc1ccccc1S(=O)(=O)N1CCOCC1)Nc1cccc2ccccc12. The van der Waals surface area contributed by atoms with E-state index in [1.54, 1.807) is 24.3 Å². The van der Waals surface area contributed by atoms with Crippen LogP contribution >= 0.6 is 0 Å². The minimum atomic E-state index is -3.65. The van der Waals surface area contributed by atoms with Crippen molar-refractivity contribution in [3.8, 4) is 0 Å². The molecule has 8 heteroatoms. The van der Waals surface area contributed by atoms with Crippen LogP contribution < -0.4 is 10.6 Å². The largest absolute Gasteiger partial charge is 0.379 e. The van der Waals surface area contributed by atoms with Gasteiger partial charge < -0.3 is 15.4 Å². The highest BCUT2D eigenvalue weighted by Gasteiger charge is 2.28. The van der Waals surface area contributed by atoms with Crippen molar-refractivity contribution in [2.45, 2.75) is 11.4 Å². The molecule has 2 N–H and O–H groups in total.